The molecule has 96 valence electrons. The summed E-state index contributed by atoms with van der Waals surface area (Å²) in [7, 11) is 0. The number of nitrogens with one attached hydrogen (secondary N) is 2. The van der Waals surface area contributed by atoms with E-state index in [9.17, 15) is 9.90 Å². The van der Waals surface area contributed by atoms with E-state index in [1.165, 1.54) is 0 Å². The Bertz CT molecular complexity index is 207. The largest absolute Gasteiger partial charge is 0.465 e. The average Bonchev–Trinajstić information content (AvgIpc) is 2.11. The molecule has 0 aromatic rings. The van der Waals surface area contributed by atoms with Crippen molar-refractivity contribution in [3.05, 3.63) is 0 Å². The molecular formula is C11H24N2O3. The lowest BCUT2D eigenvalue weighted by molar-refractivity contribution is 0.107. The van der Waals surface area contributed by atoms with Crippen LogP contribution >= 0.6 is 0 Å². The molecule has 5 heteroatoms. The van der Waals surface area contributed by atoms with Gasteiger partial charge in [-0.15, -0.1) is 0 Å². The maximum atomic E-state index is 10.6. The molecule has 0 fully saturated rings. The molecule has 0 aromatic heterocycles. The van der Waals surface area contributed by atoms with Crippen molar-refractivity contribution in [2.75, 3.05) is 6.54 Å². The van der Waals surface area contributed by atoms with Crippen molar-refractivity contribution in [2.24, 2.45) is 5.92 Å². The molecule has 0 saturated carbocycles. The van der Waals surface area contributed by atoms with E-state index in [1.54, 1.807) is 0 Å². The normalized spacial score (nSPS) is 15.2. The molecule has 0 spiro atoms. The molecule has 0 heterocycles. The molecule has 0 aromatic carbocycles. The van der Waals surface area contributed by atoms with Crippen LogP contribution in [-0.2, 0) is 0 Å². The summed E-state index contributed by atoms with van der Waals surface area (Å²) in [5.74, 6) is 0.338. The van der Waals surface area contributed by atoms with Gasteiger partial charge < -0.3 is 20.8 Å². The van der Waals surface area contributed by atoms with Gasteiger partial charge in [-0.25, -0.2) is 4.79 Å². The lowest BCUT2D eigenvalue weighted by atomic mass is 9.99. The molecular weight excluding hydrogens is 208 g/mol. The predicted octanol–water partition coefficient (Wildman–Crippen LogP) is 1.03. The van der Waals surface area contributed by atoms with Crippen molar-refractivity contribution < 1.29 is 15.0 Å². The molecule has 0 aliphatic carbocycles. The number of amides is 1. The molecule has 4 N–H and O–H groups in total. The predicted molar refractivity (Wildman–Crippen MR) is 63.5 cm³/mol. The van der Waals surface area contributed by atoms with Gasteiger partial charge >= 0.3 is 6.09 Å². The third-order valence-corrected chi connectivity index (χ3v) is 2.23. The zero-order chi connectivity index (χ0) is 12.7. The first-order valence-corrected chi connectivity index (χ1v) is 5.73. The van der Waals surface area contributed by atoms with Gasteiger partial charge in [0.1, 0.15) is 0 Å². The SMILES string of the molecule is CC(C)C[C@H](NC(=O)O)[C@@H](O)CNC(C)C. The molecule has 0 unspecified atom stereocenters. The molecule has 0 aliphatic heterocycles. The molecule has 2 atom stereocenters. The number of hydrogen-bond acceptors (Lipinski definition) is 3. The van der Waals surface area contributed by atoms with Crippen LogP contribution in [0.5, 0.6) is 0 Å². The van der Waals surface area contributed by atoms with Gasteiger partial charge in [0.15, 0.2) is 0 Å². The van der Waals surface area contributed by atoms with Gasteiger partial charge in [0.25, 0.3) is 0 Å². The fourth-order valence-corrected chi connectivity index (χ4v) is 1.48. The molecule has 5 nitrogen and oxygen atoms in total. The standard InChI is InChI=1S/C11H24N2O3/c1-7(2)5-9(13-11(15)16)10(14)6-12-8(3)4/h7-10,12-14H,5-6H2,1-4H3,(H,15,16)/t9-,10-/m0/s1. The number of rotatable bonds is 7. The summed E-state index contributed by atoms with van der Waals surface area (Å²) in [6, 6.07) is -0.136. The Hall–Kier alpha value is -0.810. The van der Waals surface area contributed by atoms with E-state index in [-0.39, 0.29) is 6.04 Å². The topological polar surface area (TPSA) is 81.6 Å². The summed E-state index contributed by atoms with van der Waals surface area (Å²) in [6.45, 7) is 8.36. The van der Waals surface area contributed by atoms with Crippen LogP contribution in [0.15, 0.2) is 0 Å². The highest BCUT2D eigenvalue weighted by atomic mass is 16.4. The number of hydrogen-bond donors (Lipinski definition) is 4. The van der Waals surface area contributed by atoms with Crippen LogP contribution in [-0.4, -0.2) is 41.0 Å². The van der Waals surface area contributed by atoms with Crippen LogP contribution in [0, 0.1) is 5.92 Å². The Morgan fingerprint density at radius 2 is 1.81 bits per heavy atom. The lowest BCUT2D eigenvalue weighted by Gasteiger charge is -2.25. The van der Waals surface area contributed by atoms with Crippen LogP contribution in [0.3, 0.4) is 0 Å². The van der Waals surface area contributed by atoms with Gasteiger partial charge in [-0.05, 0) is 12.3 Å². The number of carboxylic acid groups (broad SMARTS) is 1. The minimum atomic E-state index is -1.09. The van der Waals surface area contributed by atoms with Crippen molar-refractivity contribution in [2.45, 2.75) is 52.3 Å². The van der Waals surface area contributed by atoms with E-state index in [0.29, 0.717) is 18.9 Å². The first-order valence-electron chi connectivity index (χ1n) is 5.73. The van der Waals surface area contributed by atoms with Crippen molar-refractivity contribution in [3.8, 4) is 0 Å². The lowest BCUT2D eigenvalue weighted by Crippen LogP contribution is -2.48. The Morgan fingerprint density at radius 1 is 1.25 bits per heavy atom. The fraction of sp³-hybridized carbons (Fsp3) is 0.909. The second kappa shape index (κ2) is 7.46. The molecule has 0 aliphatic rings. The van der Waals surface area contributed by atoms with Crippen molar-refractivity contribution in [3.63, 3.8) is 0 Å². The molecule has 0 rings (SSSR count). The summed E-state index contributed by atoms with van der Waals surface area (Å²) in [6.07, 6.45) is -1.15. The molecule has 0 radical (unpaired) electrons. The number of carbonyl (C=O) groups is 1. The zero-order valence-electron chi connectivity index (χ0n) is 10.5. The van der Waals surface area contributed by atoms with E-state index in [4.69, 9.17) is 5.11 Å². The summed E-state index contributed by atoms with van der Waals surface area (Å²) >= 11 is 0. The van der Waals surface area contributed by atoms with Crippen molar-refractivity contribution in [1.82, 2.24) is 10.6 Å². The molecule has 0 saturated heterocycles. The highest BCUT2D eigenvalue weighted by Gasteiger charge is 2.21. The highest BCUT2D eigenvalue weighted by molar-refractivity contribution is 5.64. The summed E-state index contributed by atoms with van der Waals surface area (Å²) in [4.78, 5) is 10.6. The van der Waals surface area contributed by atoms with Crippen LogP contribution < -0.4 is 10.6 Å². The summed E-state index contributed by atoms with van der Waals surface area (Å²) in [5, 5.41) is 24.0. The second-order valence-electron chi connectivity index (χ2n) is 4.82. The Balaban J connectivity index is 4.19. The average molecular weight is 232 g/mol. The fourth-order valence-electron chi connectivity index (χ4n) is 1.48. The Labute approximate surface area is 97.2 Å². The molecule has 16 heavy (non-hydrogen) atoms. The van der Waals surface area contributed by atoms with Gasteiger partial charge in [0.2, 0.25) is 0 Å². The Kier molecular flexibility index (Phi) is 7.08. The van der Waals surface area contributed by atoms with Crippen molar-refractivity contribution in [1.29, 1.82) is 0 Å². The first-order chi connectivity index (χ1) is 7.32. The van der Waals surface area contributed by atoms with Crippen LogP contribution in [0.2, 0.25) is 0 Å². The van der Waals surface area contributed by atoms with Gasteiger partial charge in [-0.3, -0.25) is 0 Å². The van der Waals surface area contributed by atoms with E-state index in [2.05, 4.69) is 10.6 Å². The minimum absolute atomic E-state index is 0.277. The van der Waals surface area contributed by atoms with Gasteiger partial charge in [-0.2, -0.15) is 0 Å². The van der Waals surface area contributed by atoms with Gasteiger partial charge in [0, 0.05) is 12.6 Å². The van der Waals surface area contributed by atoms with Gasteiger partial charge in [0.05, 0.1) is 12.1 Å². The minimum Gasteiger partial charge on any atom is -0.465 e. The van der Waals surface area contributed by atoms with Crippen LogP contribution in [0.25, 0.3) is 0 Å². The summed E-state index contributed by atoms with van der Waals surface area (Å²) < 4.78 is 0. The smallest absolute Gasteiger partial charge is 0.404 e. The van der Waals surface area contributed by atoms with E-state index in [1.807, 2.05) is 27.7 Å². The first kappa shape index (κ1) is 15.2. The maximum Gasteiger partial charge on any atom is 0.404 e. The third-order valence-electron chi connectivity index (χ3n) is 2.23. The van der Waals surface area contributed by atoms with Crippen molar-refractivity contribution >= 4 is 6.09 Å². The highest BCUT2D eigenvalue weighted by Crippen LogP contribution is 2.08. The molecule has 1 amide bonds. The molecule has 0 bridgehead atoms. The monoisotopic (exact) mass is 232 g/mol. The quantitative estimate of drug-likeness (QED) is 0.528. The van der Waals surface area contributed by atoms with E-state index >= 15 is 0 Å². The van der Waals surface area contributed by atoms with E-state index in [0.717, 1.165) is 0 Å². The van der Waals surface area contributed by atoms with E-state index < -0.39 is 18.2 Å². The number of aliphatic hydroxyl groups is 1. The zero-order valence-corrected chi connectivity index (χ0v) is 10.5. The Morgan fingerprint density at radius 3 is 2.19 bits per heavy atom. The summed E-state index contributed by atoms with van der Waals surface area (Å²) in [5.41, 5.74) is 0. The number of aliphatic hydroxyl groups excluding tert-OH is 1. The van der Waals surface area contributed by atoms with Crippen LogP contribution in [0.4, 0.5) is 4.79 Å². The second-order valence-corrected chi connectivity index (χ2v) is 4.82. The maximum absolute atomic E-state index is 10.6. The van der Waals surface area contributed by atoms with Gasteiger partial charge in [-0.1, -0.05) is 27.7 Å². The van der Waals surface area contributed by atoms with Crippen LogP contribution in [0.1, 0.15) is 34.1 Å². The third kappa shape index (κ3) is 7.48.